The number of aromatic nitrogens is 4. The van der Waals surface area contributed by atoms with E-state index in [2.05, 4.69) is 37.4 Å². The first kappa shape index (κ1) is 16.4. The number of halogens is 1. The zero-order chi connectivity index (χ0) is 17.2. The van der Waals surface area contributed by atoms with E-state index in [1.165, 1.54) is 17.7 Å². The summed E-state index contributed by atoms with van der Waals surface area (Å²) in [6.07, 6.45) is 0. The van der Waals surface area contributed by atoms with E-state index in [9.17, 15) is 4.39 Å². The van der Waals surface area contributed by atoms with Crippen molar-refractivity contribution < 1.29 is 4.39 Å². The molecule has 0 aliphatic carbocycles. The summed E-state index contributed by atoms with van der Waals surface area (Å²) >= 11 is 4.92. The van der Waals surface area contributed by atoms with Gasteiger partial charge in [0.25, 0.3) is 0 Å². The van der Waals surface area contributed by atoms with Gasteiger partial charge in [-0.3, -0.25) is 0 Å². The highest BCUT2D eigenvalue weighted by Crippen LogP contribution is 2.29. The highest BCUT2D eigenvalue weighted by Gasteiger charge is 2.12. The van der Waals surface area contributed by atoms with Gasteiger partial charge in [0.05, 0.1) is 5.69 Å². The molecule has 4 nitrogen and oxygen atoms in total. The molecule has 126 valence electrons. The highest BCUT2D eigenvalue weighted by molar-refractivity contribution is 7.98. The Labute approximate surface area is 156 Å². The van der Waals surface area contributed by atoms with Gasteiger partial charge in [-0.1, -0.05) is 11.8 Å². The van der Waals surface area contributed by atoms with E-state index in [0.29, 0.717) is 0 Å². The predicted octanol–water partition coefficient (Wildman–Crippen LogP) is 5.10. The van der Waals surface area contributed by atoms with Crippen LogP contribution in [0.3, 0.4) is 0 Å². The van der Waals surface area contributed by atoms with Crippen LogP contribution in [0.15, 0.2) is 51.6 Å². The lowest BCUT2D eigenvalue weighted by Gasteiger charge is -2.03. The molecule has 1 aromatic carbocycles. The van der Waals surface area contributed by atoms with Crippen LogP contribution in [0.4, 0.5) is 4.39 Å². The summed E-state index contributed by atoms with van der Waals surface area (Å²) in [6.45, 7) is 0. The van der Waals surface area contributed by atoms with E-state index in [4.69, 9.17) is 0 Å². The van der Waals surface area contributed by atoms with Crippen molar-refractivity contribution in [1.29, 1.82) is 0 Å². The molecule has 0 aliphatic heterocycles. The standard InChI is InChI=1S/C17H13FN4S3/c1-22-15(11-2-4-13(18)5-3-11)20-21-17(22)25-10-14-9-24-16(19-14)12-6-7-23-8-12/h2-9H,10H2,1H3. The SMILES string of the molecule is Cn1c(SCc2csc(-c3ccsc3)n2)nnc1-c1ccc(F)cc1. The van der Waals surface area contributed by atoms with Crippen LogP contribution in [0.25, 0.3) is 22.0 Å². The van der Waals surface area contributed by atoms with Gasteiger partial charge in [0.15, 0.2) is 11.0 Å². The topological polar surface area (TPSA) is 43.6 Å². The molecular formula is C17H13FN4S3. The maximum absolute atomic E-state index is 13.1. The van der Waals surface area contributed by atoms with Crippen LogP contribution >= 0.6 is 34.4 Å². The number of nitrogens with zero attached hydrogens (tertiary/aromatic N) is 4. The van der Waals surface area contributed by atoms with Crippen LogP contribution in [0.2, 0.25) is 0 Å². The molecule has 0 radical (unpaired) electrons. The second-order valence-corrected chi connectivity index (χ2v) is 7.90. The number of hydrogen-bond donors (Lipinski definition) is 0. The Morgan fingerprint density at radius 1 is 1.08 bits per heavy atom. The molecule has 3 aromatic heterocycles. The van der Waals surface area contributed by atoms with Crippen LogP contribution in [-0.2, 0) is 12.8 Å². The molecule has 0 saturated heterocycles. The van der Waals surface area contributed by atoms with Gasteiger partial charge >= 0.3 is 0 Å². The van der Waals surface area contributed by atoms with E-state index in [1.807, 2.05) is 11.6 Å². The summed E-state index contributed by atoms with van der Waals surface area (Å²) in [7, 11) is 1.92. The van der Waals surface area contributed by atoms with Crippen LogP contribution in [0.5, 0.6) is 0 Å². The zero-order valence-electron chi connectivity index (χ0n) is 13.2. The Hall–Kier alpha value is -2.03. The molecule has 25 heavy (non-hydrogen) atoms. The number of thiazole rings is 1. The number of thioether (sulfide) groups is 1. The van der Waals surface area contributed by atoms with E-state index in [-0.39, 0.29) is 5.82 Å². The van der Waals surface area contributed by atoms with Gasteiger partial charge in [-0.15, -0.1) is 21.5 Å². The third kappa shape index (κ3) is 3.51. The smallest absolute Gasteiger partial charge is 0.191 e. The summed E-state index contributed by atoms with van der Waals surface area (Å²) in [4.78, 5) is 4.68. The van der Waals surface area contributed by atoms with Crippen LogP contribution in [-0.4, -0.2) is 19.7 Å². The van der Waals surface area contributed by atoms with E-state index >= 15 is 0 Å². The first-order valence-electron chi connectivity index (χ1n) is 7.46. The molecule has 0 amide bonds. The molecular weight excluding hydrogens is 375 g/mol. The molecule has 0 spiro atoms. The molecule has 0 bridgehead atoms. The van der Waals surface area contributed by atoms with E-state index < -0.39 is 0 Å². The largest absolute Gasteiger partial charge is 0.305 e. The summed E-state index contributed by atoms with van der Waals surface area (Å²) in [5.74, 6) is 1.20. The minimum Gasteiger partial charge on any atom is -0.305 e. The van der Waals surface area contributed by atoms with Crippen molar-refractivity contribution in [3.05, 3.63) is 58.0 Å². The lowest BCUT2D eigenvalue weighted by Crippen LogP contribution is -1.95. The molecule has 0 unspecified atom stereocenters. The summed E-state index contributed by atoms with van der Waals surface area (Å²) in [6, 6.07) is 8.36. The Morgan fingerprint density at radius 2 is 1.92 bits per heavy atom. The maximum atomic E-state index is 13.1. The predicted molar refractivity (Wildman–Crippen MR) is 101 cm³/mol. The fourth-order valence-corrected chi connectivity index (χ4v) is 4.76. The zero-order valence-corrected chi connectivity index (χ0v) is 15.7. The van der Waals surface area contributed by atoms with E-state index in [1.54, 1.807) is 46.6 Å². The summed E-state index contributed by atoms with van der Waals surface area (Å²) in [5.41, 5.74) is 3.04. The lowest BCUT2D eigenvalue weighted by atomic mass is 10.2. The fourth-order valence-electron chi connectivity index (χ4n) is 2.32. The summed E-state index contributed by atoms with van der Waals surface area (Å²) in [5, 5.41) is 16.6. The number of thiophene rings is 1. The van der Waals surface area contributed by atoms with Crippen LogP contribution in [0.1, 0.15) is 5.69 Å². The van der Waals surface area contributed by atoms with Crippen molar-refractivity contribution in [2.45, 2.75) is 10.9 Å². The number of hydrogen-bond acceptors (Lipinski definition) is 6. The van der Waals surface area contributed by atoms with Gasteiger partial charge in [-0.25, -0.2) is 9.37 Å². The maximum Gasteiger partial charge on any atom is 0.191 e. The van der Waals surface area contributed by atoms with Crippen LogP contribution < -0.4 is 0 Å². The van der Waals surface area contributed by atoms with Gasteiger partial charge in [0.2, 0.25) is 0 Å². The minimum atomic E-state index is -0.259. The van der Waals surface area contributed by atoms with Crippen molar-refractivity contribution in [1.82, 2.24) is 19.7 Å². The van der Waals surface area contributed by atoms with E-state index in [0.717, 1.165) is 33.0 Å². The third-order valence-electron chi connectivity index (χ3n) is 3.61. The number of benzene rings is 1. The van der Waals surface area contributed by atoms with Crippen molar-refractivity contribution in [2.24, 2.45) is 7.05 Å². The van der Waals surface area contributed by atoms with Gasteiger partial charge in [0.1, 0.15) is 10.8 Å². The molecule has 4 rings (SSSR count). The first-order chi connectivity index (χ1) is 12.2. The Bertz CT molecular complexity index is 974. The van der Waals surface area contributed by atoms with Gasteiger partial charge < -0.3 is 4.57 Å². The Balaban J connectivity index is 1.48. The molecule has 4 aromatic rings. The lowest BCUT2D eigenvalue weighted by molar-refractivity contribution is 0.628. The van der Waals surface area contributed by atoms with Crippen molar-refractivity contribution in [3.63, 3.8) is 0 Å². The van der Waals surface area contributed by atoms with Crippen LogP contribution in [0, 0.1) is 5.82 Å². The molecule has 0 fully saturated rings. The number of rotatable bonds is 5. The Morgan fingerprint density at radius 3 is 2.68 bits per heavy atom. The second-order valence-electron chi connectivity index (χ2n) is 5.32. The second kappa shape index (κ2) is 7.07. The van der Waals surface area contributed by atoms with Gasteiger partial charge in [-0.2, -0.15) is 11.3 Å². The average molecular weight is 389 g/mol. The van der Waals surface area contributed by atoms with Gasteiger partial charge in [0, 0.05) is 34.7 Å². The van der Waals surface area contributed by atoms with Gasteiger partial charge in [-0.05, 0) is 35.7 Å². The van der Waals surface area contributed by atoms with Crippen molar-refractivity contribution >= 4 is 34.4 Å². The molecule has 0 saturated carbocycles. The summed E-state index contributed by atoms with van der Waals surface area (Å²) < 4.78 is 15.0. The highest BCUT2D eigenvalue weighted by atomic mass is 32.2. The van der Waals surface area contributed by atoms with Crippen molar-refractivity contribution in [3.8, 4) is 22.0 Å². The average Bonchev–Trinajstić information content (AvgIpc) is 3.35. The Kier molecular flexibility index (Phi) is 4.65. The minimum absolute atomic E-state index is 0.259. The molecule has 3 heterocycles. The fraction of sp³-hybridized carbons (Fsp3) is 0.118. The van der Waals surface area contributed by atoms with Crippen molar-refractivity contribution in [2.75, 3.05) is 0 Å². The monoisotopic (exact) mass is 388 g/mol. The molecule has 8 heteroatoms. The molecule has 0 aliphatic rings. The first-order valence-corrected chi connectivity index (χ1v) is 10.3. The quantitative estimate of drug-likeness (QED) is 0.446. The molecule has 0 atom stereocenters. The molecule has 0 N–H and O–H groups in total. The third-order valence-corrected chi connectivity index (χ3v) is 6.28. The normalized spacial score (nSPS) is 11.1.